The minimum atomic E-state index is 0.552. The molecule has 0 spiro atoms. The van der Waals surface area contributed by atoms with Gasteiger partial charge < -0.3 is 5.32 Å². The van der Waals surface area contributed by atoms with Gasteiger partial charge in [0, 0.05) is 6.04 Å². The standard InChI is InChI=1S/C18H23N/c1-3-12-19-17-11-8-13(2)18-15-7-5-4-6-14(15)9-10-16(17)18/h4-7,9-10,13,17,19H,3,8,11-12H2,1-2H3. The second kappa shape index (κ2) is 5.34. The Morgan fingerprint density at radius 2 is 1.95 bits per heavy atom. The second-order valence-corrected chi connectivity index (χ2v) is 5.77. The topological polar surface area (TPSA) is 12.0 Å². The molecule has 2 atom stereocenters. The molecule has 0 heterocycles. The molecule has 2 aromatic carbocycles. The fraction of sp³-hybridized carbons (Fsp3) is 0.444. The van der Waals surface area contributed by atoms with Crippen LogP contribution in [0.1, 0.15) is 56.2 Å². The van der Waals surface area contributed by atoms with Gasteiger partial charge in [0.05, 0.1) is 0 Å². The zero-order valence-corrected chi connectivity index (χ0v) is 11.9. The molecule has 0 aliphatic heterocycles. The van der Waals surface area contributed by atoms with E-state index in [9.17, 15) is 0 Å². The van der Waals surface area contributed by atoms with Gasteiger partial charge in [-0.25, -0.2) is 0 Å². The van der Waals surface area contributed by atoms with Crippen molar-refractivity contribution < 1.29 is 0 Å². The van der Waals surface area contributed by atoms with Crippen LogP contribution in [0.5, 0.6) is 0 Å². The first-order valence-electron chi connectivity index (χ1n) is 7.56. The summed E-state index contributed by atoms with van der Waals surface area (Å²) in [5, 5.41) is 6.55. The molecule has 1 N–H and O–H groups in total. The van der Waals surface area contributed by atoms with Gasteiger partial charge in [0.1, 0.15) is 0 Å². The van der Waals surface area contributed by atoms with Gasteiger partial charge in [0.15, 0.2) is 0 Å². The number of nitrogens with one attached hydrogen (secondary N) is 1. The van der Waals surface area contributed by atoms with Crippen molar-refractivity contribution in [3.8, 4) is 0 Å². The van der Waals surface area contributed by atoms with E-state index in [4.69, 9.17) is 0 Å². The van der Waals surface area contributed by atoms with Crippen LogP contribution in [-0.2, 0) is 0 Å². The van der Waals surface area contributed by atoms with Crippen molar-refractivity contribution in [1.82, 2.24) is 5.32 Å². The molecule has 1 aliphatic carbocycles. The van der Waals surface area contributed by atoms with Gasteiger partial charge in [0.2, 0.25) is 0 Å². The highest BCUT2D eigenvalue weighted by atomic mass is 14.9. The van der Waals surface area contributed by atoms with Crippen LogP contribution in [0.3, 0.4) is 0 Å². The maximum absolute atomic E-state index is 3.71. The minimum absolute atomic E-state index is 0.552. The van der Waals surface area contributed by atoms with Crippen LogP contribution >= 0.6 is 0 Å². The molecule has 0 aromatic heterocycles. The number of benzene rings is 2. The molecule has 0 saturated carbocycles. The van der Waals surface area contributed by atoms with Gasteiger partial charge in [-0.05, 0) is 53.6 Å². The zero-order valence-electron chi connectivity index (χ0n) is 11.9. The summed E-state index contributed by atoms with van der Waals surface area (Å²) in [5.74, 6) is 0.681. The average molecular weight is 253 g/mol. The Morgan fingerprint density at radius 3 is 2.79 bits per heavy atom. The molecule has 2 aromatic rings. The lowest BCUT2D eigenvalue weighted by atomic mass is 9.78. The van der Waals surface area contributed by atoms with E-state index in [2.05, 4.69) is 55.6 Å². The Kier molecular flexibility index (Phi) is 3.56. The van der Waals surface area contributed by atoms with E-state index in [-0.39, 0.29) is 0 Å². The number of hydrogen-bond donors (Lipinski definition) is 1. The lowest BCUT2D eigenvalue weighted by molar-refractivity contribution is 0.435. The summed E-state index contributed by atoms with van der Waals surface area (Å²) in [7, 11) is 0. The van der Waals surface area contributed by atoms with Gasteiger partial charge in [-0.1, -0.05) is 50.2 Å². The SMILES string of the molecule is CCCNC1CCC(C)c2c1ccc1ccccc21. The highest BCUT2D eigenvalue weighted by Crippen LogP contribution is 2.41. The summed E-state index contributed by atoms with van der Waals surface area (Å²) in [5.41, 5.74) is 3.11. The first kappa shape index (κ1) is 12.7. The number of fused-ring (bicyclic) bond motifs is 3. The molecule has 3 rings (SSSR count). The average Bonchev–Trinajstić information content (AvgIpc) is 2.46. The van der Waals surface area contributed by atoms with Gasteiger partial charge in [-0.3, -0.25) is 0 Å². The van der Waals surface area contributed by atoms with E-state index in [0.29, 0.717) is 12.0 Å². The Morgan fingerprint density at radius 1 is 1.11 bits per heavy atom. The predicted octanol–water partition coefficient (Wildman–Crippen LogP) is 4.78. The van der Waals surface area contributed by atoms with Crippen LogP contribution in [0.2, 0.25) is 0 Å². The molecule has 19 heavy (non-hydrogen) atoms. The monoisotopic (exact) mass is 253 g/mol. The Labute approximate surface area is 116 Å². The van der Waals surface area contributed by atoms with Gasteiger partial charge in [0.25, 0.3) is 0 Å². The molecule has 0 amide bonds. The van der Waals surface area contributed by atoms with Crippen molar-refractivity contribution in [2.24, 2.45) is 0 Å². The zero-order chi connectivity index (χ0) is 13.2. The molecule has 1 nitrogen and oxygen atoms in total. The molecule has 0 fully saturated rings. The third-order valence-corrected chi connectivity index (χ3v) is 4.40. The van der Waals surface area contributed by atoms with Crippen LogP contribution in [0.15, 0.2) is 36.4 Å². The van der Waals surface area contributed by atoms with Gasteiger partial charge in [-0.15, -0.1) is 0 Å². The fourth-order valence-corrected chi connectivity index (χ4v) is 3.41. The Hall–Kier alpha value is -1.34. The van der Waals surface area contributed by atoms with Crippen LogP contribution in [-0.4, -0.2) is 6.54 Å². The molecular weight excluding hydrogens is 230 g/mol. The van der Waals surface area contributed by atoms with E-state index in [0.717, 1.165) is 6.54 Å². The molecule has 2 unspecified atom stereocenters. The molecular formula is C18H23N. The summed E-state index contributed by atoms with van der Waals surface area (Å²) in [6.45, 7) is 5.73. The lowest BCUT2D eigenvalue weighted by Crippen LogP contribution is -2.27. The minimum Gasteiger partial charge on any atom is -0.310 e. The van der Waals surface area contributed by atoms with Gasteiger partial charge >= 0.3 is 0 Å². The molecule has 1 heteroatoms. The molecule has 0 saturated heterocycles. The van der Waals surface area contributed by atoms with Crippen LogP contribution in [0, 0.1) is 0 Å². The van der Waals surface area contributed by atoms with Gasteiger partial charge in [-0.2, -0.15) is 0 Å². The van der Waals surface area contributed by atoms with E-state index in [1.165, 1.54) is 35.6 Å². The summed E-state index contributed by atoms with van der Waals surface area (Å²) in [6, 6.07) is 14.0. The van der Waals surface area contributed by atoms with Crippen molar-refractivity contribution in [3.05, 3.63) is 47.5 Å². The molecule has 0 radical (unpaired) electrons. The highest BCUT2D eigenvalue weighted by Gasteiger charge is 2.25. The number of hydrogen-bond acceptors (Lipinski definition) is 1. The first-order valence-corrected chi connectivity index (χ1v) is 7.56. The van der Waals surface area contributed by atoms with E-state index >= 15 is 0 Å². The quantitative estimate of drug-likeness (QED) is 0.830. The first-order chi connectivity index (χ1) is 9.31. The molecule has 100 valence electrons. The van der Waals surface area contributed by atoms with Crippen molar-refractivity contribution in [1.29, 1.82) is 0 Å². The maximum atomic E-state index is 3.71. The normalized spacial score (nSPS) is 22.4. The Bertz CT molecular complexity index is 573. The van der Waals surface area contributed by atoms with E-state index < -0.39 is 0 Å². The van der Waals surface area contributed by atoms with E-state index in [1.807, 2.05) is 0 Å². The predicted molar refractivity (Wildman–Crippen MR) is 82.6 cm³/mol. The van der Waals surface area contributed by atoms with Crippen LogP contribution < -0.4 is 5.32 Å². The molecule has 0 bridgehead atoms. The van der Waals surface area contributed by atoms with Crippen molar-refractivity contribution in [3.63, 3.8) is 0 Å². The third-order valence-electron chi connectivity index (χ3n) is 4.40. The second-order valence-electron chi connectivity index (χ2n) is 5.77. The number of rotatable bonds is 3. The largest absolute Gasteiger partial charge is 0.310 e. The smallest absolute Gasteiger partial charge is 0.0323 e. The third kappa shape index (κ3) is 2.28. The molecule has 1 aliphatic rings. The van der Waals surface area contributed by atoms with E-state index in [1.54, 1.807) is 5.56 Å². The highest BCUT2D eigenvalue weighted by molar-refractivity contribution is 5.87. The van der Waals surface area contributed by atoms with Crippen molar-refractivity contribution >= 4 is 10.8 Å². The Balaban J connectivity index is 2.10. The van der Waals surface area contributed by atoms with Crippen molar-refractivity contribution in [2.45, 2.75) is 45.1 Å². The summed E-state index contributed by atoms with van der Waals surface area (Å²) < 4.78 is 0. The van der Waals surface area contributed by atoms with Crippen LogP contribution in [0.4, 0.5) is 0 Å². The summed E-state index contributed by atoms with van der Waals surface area (Å²) >= 11 is 0. The van der Waals surface area contributed by atoms with Crippen molar-refractivity contribution in [2.75, 3.05) is 6.54 Å². The lowest BCUT2D eigenvalue weighted by Gasteiger charge is -2.31. The maximum Gasteiger partial charge on any atom is 0.0323 e. The fourth-order valence-electron chi connectivity index (χ4n) is 3.41. The summed E-state index contributed by atoms with van der Waals surface area (Å²) in [6.07, 6.45) is 3.77. The van der Waals surface area contributed by atoms with Crippen LogP contribution in [0.25, 0.3) is 10.8 Å². The summed E-state index contributed by atoms with van der Waals surface area (Å²) in [4.78, 5) is 0.